The SMILES string of the molecule is COc1cc(NC(C(=O)c2c[nH]c3cc(OC)c(C)cc23)c2ccc(F)cc2OCCO)cc(S(C)=O)c1. The van der Waals surface area contributed by atoms with Gasteiger partial charge in [0.05, 0.1) is 20.8 Å². The number of Topliss-reactive ketones (excluding diaryl/α,β-unsaturated/α-hetero) is 1. The number of benzene rings is 3. The lowest BCUT2D eigenvalue weighted by Crippen LogP contribution is -2.22. The van der Waals surface area contributed by atoms with Crippen LogP contribution in [0.2, 0.25) is 0 Å². The van der Waals surface area contributed by atoms with Crippen LogP contribution in [0.4, 0.5) is 10.1 Å². The van der Waals surface area contributed by atoms with Crippen molar-refractivity contribution in [3.63, 3.8) is 0 Å². The summed E-state index contributed by atoms with van der Waals surface area (Å²) in [5.41, 5.74) is 2.82. The summed E-state index contributed by atoms with van der Waals surface area (Å²) >= 11 is 0. The molecule has 10 heteroatoms. The Morgan fingerprint density at radius 2 is 1.89 bits per heavy atom. The lowest BCUT2D eigenvalue weighted by molar-refractivity contribution is 0.0969. The van der Waals surface area contributed by atoms with Gasteiger partial charge in [0.25, 0.3) is 0 Å². The monoisotopic (exact) mass is 540 g/mol. The molecule has 0 spiro atoms. The van der Waals surface area contributed by atoms with Crippen LogP contribution in [0.3, 0.4) is 0 Å². The molecule has 0 aliphatic carbocycles. The zero-order valence-corrected chi connectivity index (χ0v) is 22.3. The van der Waals surface area contributed by atoms with Crippen LogP contribution in [-0.2, 0) is 10.8 Å². The first-order valence-electron chi connectivity index (χ1n) is 11.8. The van der Waals surface area contributed by atoms with E-state index >= 15 is 0 Å². The smallest absolute Gasteiger partial charge is 0.191 e. The van der Waals surface area contributed by atoms with Crippen molar-refractivity contribution >= 4 is 33.2 Å². The Hall–Kier alpha value is -3.89. The van der Waals surface area contributed by atoms with E-state index in [1.165, 1.54) is 25.3 Å². The van der Waals surface area contributed by atoms with E-state index in [1.807, 2.05) is 19.1 Å². The Morgan fingerprint density at radius 3 is 2.58 bits per heavy atom. The third-order valence-corrected chi connectivity index (χ3v) is 7.02. The quantitative estimate of drug-likeness (QED) is 0.235. The standard InChI is InChI=1S/C28H29FN2O6S/c1-16-9-22-23(15-30-24(22)14-25(16)36-3)28(33)27(21-6-5-17(29)10-26(21)37-8-7-32)31-18-11-19(35-2)13-20(12-18)38(4)34/h5-6,9-15,27,30-32H,7-8H2,1-4H3. The number of aryl methyl sites for hydroxylation is 1. The molecule has 0 fully saturated rings. The summed E-state index contributed by atoms with van der Waals surface area (Å²) in [5, 5.41) is 13.2. The van der Waals surface area contributed by atoms with Gasteiger partial charge in [-0.25, -0.2) is 4.39 Å². The average Bonchev–Trinajstić information content (AvgIpc) is 3.32. The zero-order valence-electron chi connectivity index (χ0n) is 21.5. The third-order valence-electron chi connectivity index (χ3n) is 6.12. The molecule has 3 N–H and O–H groups in total. The Bertz CT molecular complexity index is 1500. The van der Waals surface area contributed by atoms with Crippen LogP contribution in [-0.4, -0.2) is 53.8 Å². The van der Waals surface area contributed by atoms with Crippen molar-refractivity contribution < 1.29 is 32.7 Å². The number of halogens is 1. The Balaban J connectivity index is 1.87. The van der Waals surface area contributed by atoms with Gasteiger partial charge in [-0.3, -0.25) is 9.00 Å². The molecule has 4 rings (SSSR count). The van der Waals surface area contributed by atoms with Crippen LogP contribution < -0.4 is 19.5 Å². The number of ether oxygens (including phenoxy) is 3. The van der Waals surface area contributed by atoms with E-state index in [0.29, 0.717) is 38.6 Å². The Morgan fingerprint density at radius 1 is 1.11 bits per heavy atom. The number of aliphatic hydroxyl groups is 1. The zero-order chi connectivity index (χ0) is 27.4. The van der Waals surface area contributed by atoms with Crippen molar-refractivity contribution in [2.24, 2.45) is 0 Å². The van der Waals surface area contributed by atoms with Gasteiger partial charge in [-0.05, 0) is 42.8 Å². The lowest BCUT2D eigenvalue weighted by atomic mass is 9.95. The average molecular weight is 541 g/mol. The van der Waals surface area contributed by atoms with Crippen LogP contribution in [0.5, 0.6) is 17.2 Å². The predicted molar refractivity (Wildman–Crippen MR) is 145 cm³/mol. The maximum atomic E-state index is 14.2. The van der Waals surface area contributed by atoms with Gasteiger partial charge in [0, 0.05) is 74.1 Å². The van der Waals surface area contributed by atoms with E-state index in [9.17, 15) is 18.5 Å². The van der Waals surface area contributed by atoms with Gasteiger partial charge >= 0.3 is 0 Å². The number of anilines is 1. The lowest BCUT2D eigenvalue weighted by Gasteiger charge is -2.23. The molecule has 8 nitrogen and oxygen atoms in total. The first-order valence-corrected chi connectivity index (χ1v) is 13.3. The molecule has 200 valence electrons. The number of methoxy groups -OCH3 is 2. The van der Waals surface area contributed by atoms with E-state index < -0.39 is 22.7 Å². The summed E-state index contributed by atoms with van der Waals surface area (Å²) in [4.78, 5) is 17.8. The highest BCUT2D eigenvalue weighted by Gasteiger charge is 2.28. The Kier molecular flexibility index (Phi) is 8.33. The van der Waals surface area contributed by atoms with Crippen molar-refractivity contribution in [2.75, 3.05) is 39.0 Å². The number of aliphatic hydroxyl groups excluding tert-OH is 1. The van der Waals surface area contributed by atoms with Crippen LogP contribution in [0.25, 0.3) is 10.9 Å². The van der Waals surface area contributed by atoms with Gasteiger partial charge in [0.2, 0.25) is 0 Å². The molecule has 0 amide bonds. The summed E-state index contributed by atoms with van der Waals surface area (Å²) in [7, 11) is 1.76. The van der Waals surface area contributed by atoms with Crippen molar-refractivity contribution in [1.29, 1.82) is 0 Å². The molecule has 0 bridgehead atoms. The number of carbonyl (C=O) groups is 1. The minimum atomic E-state index is -1.31. The van der Waals surface area contributed by atoms with Crippen molar-refractivity contribution in [3.8, 4) is 17.2 Å². The summed E-state index contributed by atoms with van der Waals surface area (Å²) in [5.74, 6) is 0.389. The molecule has 1 heterocycles. The largest absolute Gasteiger partial charge is 0.497 e. The van der Waals surface area contributed by atoms with Gasteiger partial charge in [-0.15, -0.1) is 0 Å². The maximum Gasteiger partial charge on any atom is 0.191 e. The van der Waals surface area contributed by atoms with E-state index in [-0.39, 0.29) is 24.7 Å². The molecule has 1 aromatic heterocycles. The molecule has 0 aliphatic rings. The number of nitrogens with one attached hydrogen (secondary N) is 2. The fraction of sp³-hybridized carbons (Fsp3) is 0.250. The fourth-order valence-electron chi connectivity index (χ4n) is 4.25. The predicted octanol–water partition coefficient (Wildman–Crippen LogP) is 4.78. The molecule has 0 saturated carbocycles. The fourth-order valence-corrected chi connectivity index (χ4v) is 4.83. The number of hydrogen-bond donors (Lipinski definition) is 3. The number of carbonyl (C=O) groups excluding carboxylic acids is 1. The molecule has 0 radical (unpaired) electrons. The molecule has 2 unspecified atom stereocenters. The van der Waals surface area contributed by atoms with E-state index in [1.54, 1.807) is 37.8 Å². The number of hydrogen-bond acceptors (Lipinski definition) is 7. The molecule has 0 aliphatic heterocycles. The summed E-state index contributed by atoms with van der Waals surface area (Å²) in [6.07, 6.45) is 3.17. The van der Waals surface area contributed by atoms with Crippen molar-refractivity contribution in [2.45, 2.75) is 17.9 Å². The molecule has 2 atom stereocenters. The minimum absolute atomic E-state index is 0.0818. The number of rotatable bonds is 11. The minimum Gasteiger partial charge on any atom is -0.497 e. The highest BCUT2D eigenvalue weighted by Crippen LogP contribution is 2.36. The topological polar surface area (TPSA) is 110 Å². The molecule has 38 heavy (non-hydrogen) atoms. The summed E-state index contributed by atoms with van der Waals surface area (Å²) < 4.78 is 42.8. The first kappa shape index (κ1) is 27.2. The molecule has 0 saturated heterocycles. The van der Waals surface area contributed by atoms with E-state index in [2.05, 4.69) is 10.3 Å². The van der Waals surface area contributed by atoms with Crippen molar-refractivity contribution in [1.82, 2.24) is 4.98 Å². The summed E-state index contributed by atoms with van der Waals surface area (Å²) in [6, 6.07) is 11.5. The third kappa shape index (κ3) is 5.66. The molecular weight excluding hydrogens is 511 g/mol. The normalized spacial score (nSPS) is 12.7. The van der Waals surface area contributed by atoms with E-state index in [0.717, 1.165) is 11.1 Å². The summed E-state index contributed by atoms with van der Waals surface area (Å²) in [6.45, 7) is 1.52. The first-order chi connectivity index (χ1) is 18.2. The van der Waals surface area contributed by atoms with Gasteiger partial charge in [-0.1, -0.05) is 0 Å². The highest BCUT2D eigenvalue weighted by molar-refractivity contribution is 7.84. The van der Waals surface area contributed by atoms with Gasteiger partial charge in [-0.2, -0.15) is 0 Å². The highest BCUT2D eigenvalue weighted by atomic mass is 32.2. The molecule has 4 aromatic rings. The second-order valence-corrected chi connectivity index (χ2v) is 10.00. The maximum absolute atomic E-state index is 14.2. The van der Waals surface area contributed by atoms with Gasteiger partial charge in [0.1, 0.15) is 35.7 Å². The second-order valence-electron chi connectivity index (χ2n) is 8.62. The molecular formula is C28H29FN2O6S. The van der Waals surface area contributed by atoms with Gasteiger partial charge in [0.15, 0.2) is 5.78 Å². The number of ketones is 1. The van der Waals surface area contributed by atoms with Crippen LogP contribution in [0.15, 0.2) is 59.6 Å². The van der Waals surface area contributed by atoms with Gasteiger partial charge < -0.3 is 29.6 Å². The second kappa shape index (κ2) is 11.7. The van der Waals surface area contributed by atoms with E-state index in [4.69, 9.17) is 14.2 Å². The number of H-pyrrole nitrogens is 1. The molecule has 3 aromatic carbocycles. The van der Waals surface area contributed by atoms with Crippen LogP contribution >= 0.6 is 0 Å². The number of fused-ring (bicyclic) bond motifs is 1. The van der Waals surface area contributed by atoms with Crippen molar-refractivity contribution in [3.05, 3.63) is 77.2 Å². The number of aromatic nitrogens is 1. The number of aromatic amines is 1. The Labute approximate surface area is 222 Å². The van der Waals surface area contributed by atoms with Crippen LogP contribution in [0, 0.1) is 12.7 Å². The van der Waals surface area contributed by atoms with Crippen LogP contribution in [0.1, 0.15) is 27.5 Å².